The van der Waals surface area contributed by atoms with Crippen molar-refractivity contribution in [3.05, 3.63) is 69.3 Å². The van der Waals surface area contributed by atoms with E-state index in [-0.39, 0.29) is 23.1 Å². The van der Waals surface area contributed by atoms with Crippen molar-refractivity contribution in [3.63, 3.8) is 0 Å². The number of amides is 2. The van der Waals surface area contributed by atoms with Crippen molar-refractivity contribution in [3.8, 4) is 5.75 Å². The highest BCUT2D eigenvalue weighted by atomic mass is 16.6. The highest BCUT2D eigenvalue weighted by Crippen LogP contribution is 2.25. The number of ether oxygens (including phenoxy) is 1. The Balaban J connectivity index is 1.77. The van der Waals surface area contributed by atoms with E-state index in [0.717, 1.165) is 0 Å². The van der Waals surface area contributed by atoms with Crippen LogP contribution in [-0.2, 0) is 0 Å². The van der Waals surface area contributed by atoms with Crippen LogP contribution in [0.15, 0.2) is 42.5 Å². The van der Waals surface area contributed by atoms with Gasteiger partial charge in [0, 0.05) is 31.7 Å². The Bertz CT molecular complexity index is 944. The highest BCUT2D eigenvalue weighted by molar-refractivity contribution is 5.99. The van der Waals surface area contributed by atoms with Gasteiger partial charge in [-0.05, 0) is 31.5 Å². The Hall–Kier alpha value is -3.42. The van der Waals surface area contributed by atoms with Crippen LogP contribution in [0.25, 0.3) is 0 Å². The maximum atomic E-state index is 13.0. The number of carbonyl (C=O) groups excluding carboxylic acids is 2. The van der Waals surface area contributed by atoms with Crippen molar-refractivity contribution in [2.45, 2.75) is 13.3 Å². The zero-order chi connectivity index (χ0) is 21.0. The number of aryl methyl sites for hydroxylation is 1. The molecule has 0 aliphatic carbocycles. The first kappa shape index (κ1) is 20.3. The van der Waals surface area contributed by atoms with Gasteiger partial charge in [0.15, 0.2) is 0 Å². The third-order valence-corrected chi connectivity index (χ3v) is 5.06. The van der Waals surface area contributed by atoms with Gasteiger partial charge in [0.05, 0.1) is 17.6 Å². The second kappa shape index (κ2) is 8.72. The largest absolute Gasteiger partial charge is 0.496 e. The summed E-state index contributed by atoms with van der Waals surface area (Å²) < 4.78 is 5.28. The Kier molecular flexibility index (Phi) is 6.11. The third kappa shape index (κ3) is 4.21. The van der Waals surface area contributed by atoms with Crippen LogP contribution in [-0.4, -0.2) is 59.8 Å². The van der Waals surface area contributed by atoms with Crippen molar-refractivity contribution in [2.75, 3.05) is 33.3 Å². The standard InChI is InChI=1S/C21H23N3O5/c1-15-7-5-9-17(19(15)24(27)28)21(26)23-12-6-11-22(13-14-23)20(25)16-8-3-4-10-18(16)29-2/h3-5,7-10H,6,11-14H2,1-2H3. The van der Waals surface area contributed by atoms with Gasteiger partial charge in [-0.2, -0.15) is 0 Å². The minimum atomic E-state index is -0.516. The molecule has 0 bridgehead atoms. The first-order chi connectivity index (χ1) is 13.9. The topological polar surface area (TPSA) is 93.0 Å². The van der Waals surface area contributed by atoms with Crippen LogP contribution in [0.2, 0.25) is 0 Å². The number of para-hydroxylation sites is 2. The fourth-order valence-electron chi connectivity index (χ4n) is 3.56. The SMILES string of the molecule is COc1ccccc1C(=O)N1CCCN(C(=O)c2cccc(C)c2[N+](=O)[O-])CC1. The van der Waals surface area contributed by atoms with E-state index in [9.17, 15) is 19.7 Å². The van der Waals surface area contributed by atoms with Gasteiger partial charge >= 0.3 is 0 Å². The first-order valence-electron chi connectivity index (χ1n) is 9.39. The molecule has 0 aromatic heterocycles. The maximum Gasteiger partial charge on any atom is 0.285 e. The number of methoxy groups -OCH3 is 1. The average molecular weight is 397 g/mol. The number of carbonyl (C=O) groups is 2. The van der Waals surface area contributed by atoms with Gasteiger partial charge in [0.25, 0.3) is 17.5 Å². The van der Waals surface area contributed by atoms with Gasteiger partial charge < -0.3 is 14.5 Å². The third-order valence-electron chi connectivity index (χ3n) is 5.06. The Morgan fingerprint density at radius 1 is 0.931 bits per heavy atom. The number of nitro benzene ring substituents is 1. The van der Waals surface area contributed by atoms with E-state index in [2.05, 4.69) is 0 Å². The summed E-state index contributed by atoms with van der Waals surface area (Å²) in [4.78, 5) is 40.1. The molecule has 0 saturated carbocycles. The van der Waals surface area contributed by atoms with Crippen LogP contribution in [0.5, 0.6) is 5.75 Å². The van der Waals surface area contributed by atoms with Gasteiger partial charge in [0.2, 0.25) is 0 Å². The molecule has 0 unspecified atom stereocenters. The number of hydrogen-bond donors (Lipinski definition) is 0. The van der Waals surface area contributed by atoms with E-state index in [4.69, 9.17) is 4.74 Å². The molecule has 1 heterocycles. The molecule has 2 aromatic rings. The summed E-state index contributed by atoms with van der Waals surface area (Å²) in [6.45, 7) is 3.20. The Morgan fingerprint density at radius 3 is 2.14 bits per heavy atom. The second-order valence-corrected chi connectivity index (χ2v) is 6.87. The zero-order valence-electron chi connectivity index (χ0n) is 16.5. The molecule has 0 radical (unpaired) electrons. The summed E-state index contributed by atoms with van der Waals surface area (Å²) in [6.07, 6.45) is 0.590. The quantitative estimate of drug-likeness (QED) is 0.584. The first-order valence-corrected chi connectivity index (χ1v) is 9.39. The molecule has 3 rings (SSSR count). The van der Waals surface area contributed by atoms with Gasteiger partial charge in [0.1, 0.15) is 11.3 Å². The summed E-state index contributed by atoms with van der Waals surface area (Å²) in [7, 11) is 1.52. The summed E-state index contributed by atoms with van der Waals surface area (Å²) in [6, 6.07) is 11.8. The normalized spacial score (nSPS) is 14.3. The van der Waals surface area contributed by atoms with E-state index in [1.165, 1.54) is 13.2 Å². The minimum Gasteiger partial charge on any atom is -0.496 e. The van der Waals surface area contributed by atoms with Crippen LogP contribution in [0, 0.1) is 17.0 Å². The smallest absolute Gasteiger partial charge is 0.285 e. The van der Waals surface area contributed by atoms with Crippen LogP contribution in [0.1, 0.15) is 32.7 Å². The fourth-order valence-corrected chi connectivity index (χ4v) is 3.56. The number of rotatable bonds is 4. The van der Waals surface area contributed by atoms with Gasteiger partial charge in [-0.25, -0.2) is 0 Å². The molecule has 0 spiro atoms. The molecule has 152 valence electrons. The van der Waals surface area contributed by atoms with Crippen LogP contribution in [0.4, 0.5) is 5.69 Å². The monoisotopic (exact) mass is 397 g/mol. The molecule has 8 heteroatoms. The fraction of sp³-hybridized carbons (Fsp3) is 0.333. The molecule has 1 fully saturated rings. The van der Waals surface area contributed by atoms with E-state index in [1.54, 1.807) is 53.1 Å². The average Bonchev–Trinajstić information content (AvgIpc) is 2.98. The maximum absolute atomic E-state index is 13.0. The number of hydrogen-bond acceptors (Lipinski definition) is 5. The molecule has 2 aromatic carbocycles. The zero-order valence-corrected chi connectivity index (χ0v) is 16.5. The van der Waals surface area contributed by atoms with Gasteiger partial charge in [-0.3, -0.25) is 19.7 Å². The van der Waals surface area contributed by atoms with Crippen molar-refractivity contribution in [2.24, 2.45) is 0 Å². The van der Waals surface area contributed by atoms with E-state index in [1.807, 2.05) is 0 Å². The van der Waals surface area contributed by atoms with E-state index < -0.39 is 4.92 Å². The van der Waals surface area contributed by atoms with Crippen LogP contribution >= 0.6 is 0 Å². The molecule has 0 N–H and O–H groups in total. The van der Waals surface area contributed by atoms with E-state index >= 15 is 0 Å². The molecule has 1 saturated heterocycles. The summed E-state index contributed by atoms with van der Waals surface area (Å²) >= 11 is 0. The van der Waals surface area contributed by atoms with Gasteiger partial charge in [-0.15, -0.1) is 0 Å². The summed E-state index contributed by atoms with van der Waals surface area (Å²) in [5, 5.41) is 11.4. The van der Waals surface area contributed by atoms with E-state index in [0.29, 0.717) is 49.5 Å². The molecule has 8 nitrogen and oxygen atoms in total. The molecular formula is C21H23N3O5. The molecule has 1 aliphatic rings. The highest BCUT2D eigenvalue weighted by Gasteiger charge is 2.29. The number of nitrogens with zero attached hydrogens (tertiary/aromatic N) is 3. The lowest BCUT2D eigenvalue weighted by Crippen LogP contribution is -2.37. The van der Waals surface area contributed by atoms with Crippen molar-refractivity contribution >= 4 is 17.5 Å². The Labute approximate surface area is 168 Å². The summed E-state index contributed by atoms with van der Waals surface area (Å²) in [5.41, 5.74) is 0.843. The van der Waals surface area contributed by atoms with Crippen LogP contribution < -0.4 is 4.74 Å². The van der Waals surface area contributed by atoms with Crippen molar-refractivity contribution < 1.29 is 19.2 Å². The predicted molar refractivity (Wildman–Crippen MR) is 107 cm³/mol. The summed E-state index contributed by atoms with van der Waals surface area (Å²) in [5.74, 6) is -0.0321. The Morgan fingerprint density at radius 2 is 1.52 bits per heavy atom. The molecule has 2 amide bonds. The van der Waals surface area contributed by atoms with Gasteiger partial charge in [-0.1, -0.05) is 24.3 Å². The molecule has 29 heavy (non-hydrogen) atoms. The molecule has 0 atom stereocenters. The molecular weight excluding hydrogens is 374 g/mol. The predicted octanol–water partition coefficient (Wildman–Crippen LogP) is 2.90. The van der Waals surface area contributed by atoms with Crippen molar-refractivity contribution in [1.29, 1.82) is 0 Å². The lowest BCUT2D eigenvalue weighted by Gasteiger charge is -2.23. The lowest BCUT2D eigenvalue weighted by molar-refractivity contribution is -0.385. The lowest BCUT2D eigenvalue weighted by atomic mass is 10.1. The molecule has 1 aliphatic heterocycles. The van der Waals surface area contributed by atoms with Crippen LogP contribution in [0.3, 0.4) is 0 Å². The second-order valence-electron chi connectivity index (χ2n) is 6.87. The minimum absolute atomic E-state index is 0.0829. The van der Waals surface area contributed by atoms with Crippen molar-refractivity contribution in [1.82, 2.24) is 9.80 Å². The number of nitro groups is 1. The number of benzene rings is 2.